The molecule has 5 rings (SSSR count). The van der Waals surface area contributed by atoms with Crippen LogP contribution in [0.2, 0.25) is 0 Å². The van der Waals surface area contributed by atoms with Crippen molar-refractivity contribution in [1.29, 1.82) is 0 Å². The first-order valence-electron chi connectivity index (χ1n) is 12.4. The lowest BCUT2D eigenvalue weighted by molar-refractivity contribution is -0.103. The third kappa shape index (κ3) is 6.56. The van der Waals surface area contributed by atoms with E-state index >= 15 is 0 Å². The van der Waals surface area contributed by atoms with E-state index in [1.807, 2.05) is 4.72 Å². The predicted octanol–water partition coefficient (Wildman–Crippen LogP) is 4.56. The number of alkyl halides is 2. The molecule has 3 heterocycles. The molecule has 3 N–H and O–H groups in total. The zero-order valence-electron chi connectivity index (χ0n) is 20.6. The number of halogens is 4. The minimum Gasteiger partial charge on any atom is -0.435 e. The van der Waals surface area contributed by atoms with Crippen molar-refractivity contribution in [2.24, 2.45) is 5.92 Å². The summed E-state index contributed by atoms with van der Waals surface area (Å²) >= 11 is 0. The molecule has 2 aromatic heterocycles. The first-order valence-corrected chi connectivity index (χ1v) is 14.0. The normalized spacial score (nSPS) is 19.2. The van der Waals surface area contributed by atoms with E-state index in [2.05, 4.69) is 25.6 Å². The van der Waals surface area contributed by atoms with Crippen LogP contribution >= 0.6 is 0 Å². The van der Waals surface area contributed by atoms with E-state index in [1.165, 1.54) is 6.20 Å². The minimum absolute atomic E-state index is 0.0565. The summed E-state index contributed by atoms with van der Waals surface area (Å²) in [6.07, 6.45) is 3.84. The number of piperidine rings is 1. The van der Waals surface area contributed by atoms with Crippen LogP contribution in [0.25, 0.3) is 11.3 Å². The summed E-state index contributed by atoms with van der Waals surface area (Å²) in [5.41, 5.74) is 0.175. The highest BCUT2D eigenvalue weighted by molar-refractivity contribution is 7.92. The van der Waals surface area contributed by atoms with E-state index in [1.54, 1.807) is 24.4 Å². The predicted molar refractivity (Wildman–Crippen MR) is 136 cm³/mol. The van der Waals surface area contributed by atoms with Crippen LogP contribution in [0.1, 0.15) is 25.7 Å². The molecular formula is C25H26F4N6O3S. The molecule has 0 amide bonds. The van der Waals surface area contributed by atoms with Gasteiger partial charge in [-0.3, -0.25) is 4.72 Å². The summed E-state index contributed by atoms with van der Waals surface area (Å²) in [7, 11) is -4.18. The van der Waals surface area contributed by atoms with Gasteiger partial charge in [0.1, 0.15) is 0 Å². The third-order valence-corrected chi connectivity index (χ3v) is 7.92. The summed E-state index contributed by atoms with van der Waals surface area (Å²) in [5, 5.41) is 6.58. The average molecular weight is 567 g/mol. The van der Waals surface area contributed by atoms with Crippen molar-refractivity contribution in [3.05, 3.63) is 54.4 Å². The highest BCUT2D eigenvalue weighted by Gasteiger charge is 2.46. The first-order chi connectivity index (χ1) is 18.6. The zero-order valence-corrected chi connectivity index (χ0v) is 21.4. The number of sulfonamides is 1. The second-order valence-corrected chi connectivity index (χ2v) is 11.4. The molecule has 0 spiro atoms. The van der Waals surface area contributed by atoms with E-state index < -0.39 is 63.5 Å². The van der Waals surface area contributed by atoms with Crippen LogP contribution in [0.3, 0.4) is 0 Å². The summed E-state index contributed by atoms with van der Waals surface area (Å²) in [5.74, 6) is -7.40. The Labute approximate surface area is 222 Å². The van der Waals surface area contributed by atoms with Crippen molar-refractivity contribution in [2.45, 2.75) is 37.6 Å². The van der Waals surface area contributed by atoms with Crippen molar-refractivity contribution >= 4 is 21.7 Å². The summed E-state index contributed by atoms with van der Waals surface area (Å²) in [6.45, 7) is 1.74. The maximum Gasteiger partial charge on any atom is 0.248 e. The SMILES string of the molecule is O=S(=O)(CC1CC(F)(F)C1)Nc1ccc(Oc2ncccc2-c2ccnc(N[C@H]3CCCNC3)n2)c(F)c1F. The number of hydrogen-bond donors (Lipinski definition) is 3. The Morgan fingerprint density at radius 1 is 1.08 bits per heavy atom. The first kappa shape index (κ1) is 27.1. The Kier molecular flexibility index (Phi) is 7.58. The fourth-order valence-corrected chi connectivity index (χ4v) is 6.05. The van der Waals surface area contributed by atoms with E-state index in [-0.39, 0.29) is 11.9 Å². The second kappa shape index (κ2) is 10.9. The lowest BCUT2D eigenvalue weighted by atomic mass is 9.83. The van der Waals surface area contributed by atoms with Crippen molar-refractivity contribution in [1.82, 2.24) is 20.3 Å². The van der Waals surface area contributed by atoms with Gasteiger partial charge in [0.25, 0.3) is 0 Å². The summed E-state index contributed by atoms with van der Waals surface area (Å²) < 4.78 is 87.9. The van der Waals surface area contributed by atoms with Crippen molar-refractivity contribution in [3.8, 4) is 22.9 Å². The molecular weight excluding hydrogens is 540 g/mol. The number of nitrogens with zero attached hydrogens (tertiary/aromatic N) is 3. The van der Waals surface area contributed by atoms with Crippen molar-refractivity contribution < 1.29 is 30.7 Å². The lowest BCUT2D eigenvalue weighted by Crippen LogP contribution is -2.40. The smallest absolute Gasteiger partial charge is 0.248 e. The van der Waals surface area contributed by atoms with Gasteiger partial charge < -0.3 is 15.4 Å². The van der Waals surface area contributed by atoms with Gasteiger partial charge >= 0.3 is 0 Å². The molecule has 1 aliphatic heterocycles. The number of aromatic nitrogens is 3. The van der Waals surface area contributed by atoms with Gasteiger partial charge in [-0.25, -0.2) is 36.5 Å². The molecule has 1 aromatic carbocycles. The van der Waals surface area contributed by atoms with Crippen molar-refractivity contribution in [3.63, 3.8) is 0 Å². The monoisotopic (exact) mass is 566 g/mol. The zero-order chi connectivity index (χ0) is 27.6. The van der Waals surface area contributed by atoms with Gasteiger partial charge in [-0.1, -0.05) is 0 Å². The Hall–Kier alpha value is -3.52. The topological polar surface area (TPSA) is 118 Å². The Bertz CT molecular complexity index is 1450. The van der Waals surface area contributed by atoms with Gasteiger partial charge in [-0.15, -0.1) is 0 Å². The number of ether oxygens (including phenoxy) is 1. The molecule has 2 aliphatic rings. The third-order valence-electron chi connectivity index (χ3n) is 6.48. The molecule has 2 fully saturated rings. The fourth-order valence-electron chi connectivity index (χ4n) is 4.62. The van der Waals surface area contributed by atoms with Gasteiger partial charge in [0, 0.05) is 37.8 Å². The van der Waals surface area contributed by atoms with Crippen molar-refractivity contribution in [2.75, 3.05) is 28.9 Å². The van der Waals surface area contributed by atoms with Crippen LogP contribution in [-0.2, 0) is 10.0 Å². The van der Waals surface area contributed by atoms with E-state index in [0.29, 0.717) is 17.2 Å². The van der Waals surface area contributed by atoms with Gasteiger partial charge in [0.2, 0.25) is 33.6 Å². The number of hydrogen-bond acceptors (Lipinski definition) is 8. The minimum atomic E-state index is -4.18. The quantitative estimate of drug-likeness (QED) is 0.323. The molecule has 1 saturated carbocycles. The molecule has 9 nitrogen and oxygen atoms in total. The number of rotatable bonds is 9. The van der Waals surface area contributed by atoms with E-state index in [0.717, 1.165) is 38.1 Å². The number of pyridine rings is 1. The molecule has 3 aromatic rings. The molecule has 39 heavy (non-hydrogen) atoms. The lowest BCUT2D eigenvalue weighted by Gasteiger charge is -2.34. The number of nitrogens with one attached hydrogen (secondary N) is 3. The molecule has 1 aliphatic carbocycles. The molecule has 0 radical (unpaired) electrons. The van der Waals surface area contributed by atoms with Crippen LogP contribution in [0.5, 0.6) is 11.6 Å². The molecule has 208 valence electrons. The Balaban J connectivity index is 1.32. The van der Waals surface area contributed by atoms with Crippen LogP contribution in [-0.4, -0.2) is 54.2 Å². The van der Waals surface area contributed by atoms with E-state index in [9.17, 15) is 26.0 Å². The van der Waals surface area contributed by atoms with Gasteiger partial charge in [-0.2, -0.15) is 4.39 Å². The summed E-state index contributed by atoms with van der Waals surface area (Å²) in [6, 6.07) is 7.12. The fraction of sp³-hybridized carbons (Fsp3) is 0.400. The number of benzene rings is 1. The highest BCUT2D eigenvalue weighted by atomic mass is 32.2. The van der Waals surface area contributed by atoms with Gasteiger partial charge in [0.15, 0.2) is 11.6 Å². The van der Waals surface area contributed by atoms with Gasteiger partial charge in [-0.05, 0) is 55.6 Å². The van der Waals surface area contributed by atoms with Crippen LogP contribution in [0.15, 0.2) is 42.7 Å². The summed E-state index contributed by atoms with van der Waals surface area (Å²) in [4.78, 5) is 12.9. The van der Waals surface area contributed by atoms with E-state index in [4.69, 9.17) is 4.74 Å². The number of anilines is 2. The standard InChI is InChI=1S/C25H26F4N6O3S/c26-21-19(35-39(36,37)14-15-11-25(28,29)12-15)5-6-20(22(21)27)38-23-17(4-2-9-31-23)18-7-10-32-24(34-18)33-16-3-1-8-30-13-16/h2,4-7,9-10,15-16,30,35H,1,3,8,11-14H2,(H,32,33,34)/t16-/m0/s1. The van der Waals surface area contributed by atoms with Crippen LogP contribution in [0.4, 0.5) is 29.2 Å². The molecule has 1 saturated heterocycles. The molecule has 1 atom stereocenters. The Morgan fingerprint density at radius 3 is 2.64 bits per heavy atom. The highest BCUT2D eigenvalue weighted by Crippen LogP contribution is 2.43. The second-order valence-electron chi connectivity index (χ2n) is 9.66. The maximum absolute atomic E-state index is 14.9. The largest absolute Gasteiger partial charge is 0.435 e. The maximum atomic E-state index is 14.9. The Morgan fingerprint density at radius 2 is 1.90 bits per heavy atom. The average Bonchev–Trinajstić information content (AvgIpc) is 2.88. The van der Waals surface area contributed by atoms with Crippen LogP contribution < -0.4 is 20.1 Å². The molecule has 0 bridgehead atoms. The van der Waals surface area contributed by atoms with Gasteiger partial charge in [0.05, 0.1) is 22.7 Å². The van der Waals surface area contributed by atoms with Crippen LogP contribution in [0, 0.1) is 17.6 Å². The molecule has 0 unspecified atom stereocenters. The molecule has 14 heteroatoms.